The highest BCUT2D eigenvalue weighted by atomic mass is 35.5. The molecule has 0 fully saturated rings. The number of terminal acetylenes is 1. The first-order valence-corrected chi connectivity index (χ1v) is 8.64. The quantitative estimate of drug-likeness (QED) is 0.834. The van der Waals surface area contributed by atoms with Gasteiger partial charge in [-0.05, 0) is 35.9 Å². The number of hydrogen-bond acceptors (Lipinski definition) is 3. The summed E-state index contributed by atoms with van der Waals surface area (Å²) in [6.45, 7) is 0.190. The van der Waals surface area contributed by atoms with Crippen molar-refractivity contribution in [1.82, 2.24) is 0 Å². The number of benzene rings is 2. The van der Waals surface area contributed by atoms with E-state index in [9.17, 15) is 12.8 Å². The van der Waals surface area contributed by atoms with Crippen molar-refractivity contribution < 1.29 is 12.8 Å². The molecule has 0 amide bonds. The first kappa shape index (κ1) is 15.7. The molecule has 3 rings (SSSR count). The van der Waals surface area contributed by atoms with Crippen molar-refractivity contribution in [2.45, 2.75) is 5.25 Å². The van der Waals surface area contributed by atoms with Crippen molar-refractivity contribution in [3.8, 4) is 12.3 Å². The first-order valence-electron chi connectivity index (χ1n) is 6.72. The molecular weight excluding hydrogens is 339 g/mol. The van der Waals surface area contributed by atoms with Crippen molar-refractivity contribution in [1.29, 1.82) is 0 Å². The van der Waals surface area contributed by atoms with Crippen LogP contribution in [0.5, 0.6) is 0 Å². The van der Waals surface area contributed by atoms with Gasteiger partial charge >= 0.3 is 0 Å². The van der Waals surface area contributed by atoms with Gasteiger partial charge in [0.1, 0.15) is 11.1 Å². The second-order valence-corrected chi connectivity index (χ2v) is 7.39. The summed E-state index contributed by atoms with van der Waals surface area (Å²) < 4.78 is 41.4. The molecule has 2 aromatic carbocycles. The Hall–Kier alpha value is -2.23. The zero-order valence-electron chi connectivity index (χ0n) is 11.8. The molecule has 2 aromatic rings. The van der Waals surface area contributed by atoms with Crippen LogP contribution in [0, 0.1) is 18.2 Å². The van der Waals surface area contributed by atoms with E-state index >= 15 is 0 Å². The van der Waals surface area contributed by atoms with E-state index in [1.165, 1.54) is 12.1 Å². The summed E-state index contributed by atoms with van der Waals surface area (Å²) in [6.07, 6.45) is 5.19. The zero-order valence-corrected chi connectivity index (χ0v) is 13.4. The van der Waals surface area contributed by atoms with Crippen LogP contribution in [0.4, 0.5) is 15.8 Å². The van der Waals surface area contributed by atoms with Crippen molar-refractivity contribution in [3.63, 3.8) is 0 Å². The number of nitrogens with one attached hydrogen (secondary N) is 2. The number of sulfonamides is 1. The molecule has 1 atom stereocenters. The summed E-state index contributed by atoms with van der Waals surface area (Å²) in [4.78, 5) is 0. The lowest BCUT2D eigenvalue weighted by Crippen LogP contribution is -2.23. The molecule has 0 bridgehead atoms. The smallest absolute Gasteiger partial charge is 0.241 e. The fraction of sp³-hybridized carbons (Fsp3) is 0.125. The van der Waals surface area contributed by atoms with Crippen LogP contribution in [0.1, 0.15) is 16.4 Å². The average molecular weight is 351 g/mol. The van der Waals surface area contributed by atoms with Crippen molar-refractivity contribution >= 4 is 33.0 Å². The molecule has 2 N–H and O–H groups in total. The summed E-state index contributed by atoms with van der Waals surface area (Å²) in [5.74, 6) is 1.58. The Labute approximate surface area is 138 Å². The highest BCUT2D eigenvalue weighted by molar-refractivity contribution is 7.93. The molecule has 23 heavy (non-hydrogen) atoms. The molecule has 1 aliphatic heterocycles. The predicted molar refractivity (Wildman–Crippen MR) is 89.6 cm³/mol. The van der Waals surface area contributed by atoms with Crippen molar-refractivity contribution in [3.05, 3.63) is 58.4 Å². The lowest BCUT2D eigenvalue weighted by Gasteiger charge is -2.14. The topological polar surface area (TPSA) is 58.2 Å². The molecule has 0 saturated carbocycles. The molecule has 0 aromatic heterocycles. The van der Waals surface area contributed by atoms with E-state index in [1.807, 2.05) is 0 Å². The third-order valence-electron chi connectivity index (χ3n) is 3.60. The van der Waals surface area contributed by atoms with E-state index in [0.717, 1.165) is 6.07 Å². The summed E-state index contributed by atoms with van der Waals surface area (Å²) in [7, 11) is -3.83. The summed E-state index contributed by atoms with van der Waals surface area (Å²) >= 11 is 5.89. The second-order valence-electron chi connectivity index (χ2n) is 5.09. The Kier molecular flexibility index (Phi) is 3.92. The van der Waals surface area contributed by atoms with E-state index in [0.29, 0.717) is 21.8 Å². The highest BCUT2D eigenvalue weighted by Crippen LogP contribution is 2.37. The van der Waals surface area contributed by atoms with Gasteiger partial charge in [0.25, 0.3) is 0 Å². The fourth-order valence-corrected chi connectivity index (χ4v) is 4.09. The number of rotatable bonds is 3. The van der Waals surface area contributed by atoms with Gasteiger partial charge < -0.3 is 5.32 Å². The van der Waals surface area contributed by atoms with Crippen LogP contribution >= 0.6 is 11.6 Å². The van der Waals surface area contributed by atoms with Crippen LogP contribution in [0.25, 0.3) is 0 Å². The van der Waals surface area contributed by atoms with Gasteiger partial charge in [0.15, 0.2) is 0 Å². The van der Waals surface area contributed by atoms with E-state index in [1.54, 1.807) is 18.2 Å². The Bertz CT molecular complexity index is 922. The Balaban J connectivity index is 1.91. The van der Waals surface area contributed by atoms with Crippen molar-refractivity contribution in [2.75, 3.05) is 16.6 Å². The highest BCUT2D eigenvalue weighted by Gasteiger charge is 2.34. The Morgan fingerprint density at radius 1 is 1.30 bits per heavy atom. The van der Waals surface area contributed by atoms with E-state index < -0.39 is 21.1 Å². The molecule has 1 heterocycles. The molecule has 7 heteroatoms. The first-order chi connectivity index (χ1) is 10.9. The summed E-state index contributed by atoms with van der Waals surface area (Å²) in [6, 6.07) is 8.83. The number of halogens is 2. The maximum atomic E-state index is 13.9. The van der Waals surface area contributed by atoms with E-state index in [4.69, 9.17) is 18.0 Å². The monoisotopic (exact) mass is 350 g/mol. The predicted octanol–water partition coefficient (Wildman–Crippen LogP) is 3.37. The third kappa shape index (κ3) is 2.98. The van der Waals surface area contributed by atoms with Gasteiger partial charge in [0.05, 0.1) is 5.69 Å². The normalized spacial score (nSPS) is 16.3. The molecule has 4 nitrogen and oxygen atoms in total. The molecular formula is C16H12ClFN2O2S. The van der Waals surface area contributed by atoms with Gasteiger partial charge in [-0.1, -0.05) is 23.6 Å². The Morgan fingerprint density at radius 3 is 2.78 bits per heavy atom. The maximum absolute atomic E-state index is 13.9. The summed E-state index contributed by atoms with van der Waals surface area (Å²) in [5.41, 5.74) is 1.47. The van der Waals surface area contributed by atoms with Crippen LogP contribution in [0.15, 0.2) is 36.4 Å². The van der Waals surface area contributed by atoms with Crippen molar-refractivity contribution in [2.24, 2.45) is 0 Å². The minimum absolute atomic E-state index is 0.133. The number of hydrogen-bond donors (Lipinski definition) is 2. The summed E-state index contributed by atoms with van der Waals surface area (Å²) in [5, 5.41) is 2.67. The standard InChI is InChI=1S/C16H12ClFN2O2S/c1-2-10-3-6-14(13(18)7-10)20-23(21,22)16-9-19-15-8-11(17)4-5-12(15)16/h1,3-8,16,19-20H,9H2. The van der Waals surface area contributed by atoms with Gasteiger partial charge in [0, 0.05) is 22.8 Å². The van der Waals surface area contributed by atoms with Crippen LogP contribution in [0.3, 0.4) is 0 Å². The fourth-order valence-electron chi connectivity index (χ4n) is 2.46. The van der Waals surface area contributed by atoms with Crippen LogP contribution < -0.4 is 10.0 Å². The third-order valence-corrected chi connectivity index (χ3v) is 5.51. The number of fused-ring (bicyclic) bond motifs is 1. The lowest BCUT2D eigenvalue weighted by molar-refractivity contribution is 0.589. The molecule has 118 valence electrons. The minimum Gasteiger partial charge on any atom is -0.383 e. The lowest BCUT2D eigenvalue weighted by atomic mass is 10.2. The average Bonchev–Trinajstić information content (AvgIpc) is 2.93. The molecule has 1 aliphatic rings. The van der Waals surface area contributed by atoms with Crippen LogP contribution in [0.2, 0.25) is 5.02 Å². The minimum atomic E-state index is -3.83. The molecule has 0 saturated heterocycles. The molecule has 0 aliphatic carbocycles. The molecule has 0 radical (unpaired) electrons. The second kappa shape index (κ2) is 5.76. The Morgan fingerprint density at radius 2 is 2.09 bits per heavy atom. The van der Waals surface area contributed by atoms with Crippen LogP contribution in [-0.4, -0.2) is 15.0 Å². The van der Waals surface area contributed by atoms with Gasteiger partial charge in [-0.25, -0.2) is 12.8 Å². The SMILES string of the molecule is C#Cc1ccc(NS(=O)(=O)C2CNc3cc(Cl)ccc32)c(F)c1. The largest absolute Gasteiger partial charge is 0.383 e. The van der Waals surface area contributed by atoms with E-state index in [-0.39, 0.29) is 12.2 Å². The van der Waals surface area contributed by atoms with Gasteiger partial charge in [-0.15, -0.1) is 6.42 Å². The van der Waals surface area contributed by atoms with Crippen LogP contribution in [-0.2, 0) is 10.0 Å². The van der Waals surface area contributed by atoms with Gasteiger partial charge in [0.2, 0.25) is 10.0 Å². The zero-order chi connectivity index (χ0) is 16.6. The van der Waals surface area contributed by atoms with Gasteiger partial charge in [-0.2, -0.15) is 0 Å². The molecule has 1 unspecified atom stereocenters. The van der Waals surface area contributed by atoms with Gasteiger partial charge in [-0.3, -0.25) is 4.72 Å². The van der Waals surface area contributed by atoms with E-state index in [2.05, 4.69) is 16.0 Å². The number of anilines is 2. The maximum Gasteiger partial charge on any atom is 0.241 e. The molecule has 0 spiro atoms.